The molecule has 1 radical (unpaired) electrons. The molecule has 2 rings (SSSR count). The van der Waals surface area contributed by atoms with Crippen molar-refractivity contribution in [1.29, 1.82) is 0 Å². The normalized spacial score (nSPS) is 10.0. The van der Waals surface area contributed by atoms with Gasteiger partial charge in [0.1, 0.15) is 0 Å². The van der Waals surface area contributed by atoms with Crippen LogP contribution in [0, 0.1) is 6.26 Å². The zero-order chi connectivity index (χ0) is 10.7. The summed E-state index contributed by atoms with van der Waals surface area (Å²) in [4.78, 5) is 0. The average Bonchev–Trinajstić information content (AvgIpc) is 2.81. The van der Waals surface area contributed by atoms with Gasteiger partial charge in [0.05, 0.1) is 20.5 Å². The van der Waals surface area contributed by atoms with Gasteiger partial charge in [-0.1, -0.05) is 6.07 Å². The molecule has 0 saturated carbocycles. The molecule has 0 atom stereocenters. The zero-order valence-corrected chi connectivity index (χ0v) is 8.61. The molecule has 0 fully saturated rings. The van der Waals surface area contributed by atoms with Crippen LogP contribution in [-0.4, -0.2) is 14.2 Å². The number of rotatable bonds is 3. The summed E-state index contributed by atoms with van der Waals surface area (Å²) in [6, 6.07) is 7.49. The standard InChI is InChI=1S/C12H11O3/c1-13-11-4-3-9(7-12(11)14-2)10-5-6-15-8-10/h3-5,7-8H,1-2H3. The lowest BCUT2D eigenvalue weighted by atomic mass is 10.1. The summed E-state index contributed by atoms with van der Waals surface area (Å²) >= 11 is 0. The number of ether oxygens (including phenoxy) is 2. The first kappa shape index (κ1) is 9.65. The van der Waals surface area contributed by atoms with Crippen molar-refractivity contribution in [3.8, 4) is 22.6 Å². The quantitative estimate of drug-likeness (QED) is 0.768. The van der Waals surface area contributed by atoms with E-state index in [0.717, 1.165) is 11.1 Å². The SMILES string of the molecule is COc1ccc(-c2c[c]oc2)cc1OC. The fourth-order valence-electron chi connectivity index (χ4n) is 1.40. The Balaban J connectivity index is 2.43. The van der Waals surface area contributed by atoms with E-state index in [-0.39, 0.29) is 0 Å². The minimum atomic E-state index is 0.705. The van der Waals surface area contributed by atoms with E-state index in [1.165, 1.54) is 0 Å². The smallest absolute Gasteiger partial charge is 0.169 e. The van der Waals surface area contributed by atoms with E-state index in [9.17, 15) is 0 Å². The zero-order valence-electron chi connectivity index (χ0n) is 8.61. The Hall–Kier alpha value is -1.90. The third kappa shape index (κ3) is 1.81. The summed E-state index contributed by atoms with van der Waals surface area (Å²) in [5.74, 6) is 1.42. The van der Waals surface area contributed by atoms with E-state index >= 15 is 0 Å². The van der Waals surface area contributed by atoms with E-state index in [1.54, 1.807) is 26.5 Å². The molecule has 0 aliphatic heterocycles. The van der Waals surface area contributed by atoms with E-state index < -0.39 is 0 Å². The first-order valence-corrected chi connectivity index (χ1v) is 4.52. The molecule has 0 amide bonds. The summed E-state index contributed by atoms with van der Waals surface area (Å²) in [6.45, 7) is 0. The average molecular weight is 203 g/mol. The van der Waals surface area contributed by atoms with E-state index in [0.29, 0.717) is 11.5 Å². The van der Waals surface area contributed by atoms with Crippen LogP contribution < -0.4 is 9.47 Å². The Morgan fingerprint density at radius 2 is 1.87 bits per heavy atom. The second kappa shape index (κ2) is 4.09. The van der Waals surface area contributed by atoms with Gasteiger partial charge in [-0.2, -0.15) is 0 Å². The van der Waals surface area contributed by atoms with Crippen molar-refractivity contribution in [2.24, 2.45) is 0 Å². The second-order valence-corrected chi connectivity index (χ2v) is 3.02. The van der Waals surface area contributed by atoms with E-state index in [2.05, 4.69) is 6.26 Å². The lowest BCUT2D eigenvalue weighted by Gasteiger charge is -2.08. The molecular formula is C12H11O3. The van der Waals surface area contributed by atoms with Crippen molar-refractivity contribution in [1.82, 2.24) is 0 Å². The van der Waals surface area contributed by atoms with Gasteiger partial charge in [-0.3, -0.25) is 0 Å². The van der Waals surface area contributed by atoms with Gasteiger partial charge in [0.15, 0.2) is 17.8 Å². The first-order valence-electron chi connectivity index (χ1n) is 4.52. The summed E-state index contributed by atoms with van der Waals surface area (Å²) in [6.07, 6.45) is 4.29. The van der Waals surface area contributed by atoms with Crippen molar-refractivity contribution >= 4 is 0 Å². The fraction of sp³-hybridized carbons (Fsp3) is 0.167. The minimum Gasteiger partial charge on any atom is -0.493 e. The molecule has 0 bridgehead atoms. The highest BCUT2D eigenvalue weighted by molar-refractivity contribution is 5.66. The first-order chi connectivity index (χ1) is 7.35. The topological polar surface area (TPSA) is 31.6 Å². The van der Waals surface area contributed by atoms with Crippen LogP contribution in [0.3, 0.4) is 0 Å². The van der Waals surface area contributed by atoms with Gasteiger partial charge < -0.3 is 13.9 Å². The van der Waals surface area contributed by atoms with Gasteiger partial charge in [-0.05, 0) is 23.8 Å². The highest BCUT2D eigenvalue weighted by atomic mass is 16.5. The van der Waals surface area contributed by atoms with Crippen LogP contribution >= 0.6 is 0 Å². The molecule has 1 aromatic carbocycles. The van der Waals surface area contributed by atoms with Crippen molar-refractivity contribution in [3.05, 3.63) is 36.8 Å². The van der Waals surface area contributed by atoms with Gasteiger partial charge in [-0.15, -0.1) is 0 Å². The Morgan fingerprint density at radius 1 is 1.07 bits per heavy atom. The number of hydrogen-bond donors (Lipinski definition) is 0. The van der Waals surface area contributed by atoms with Crippen molar-refractivity contribution in [2.45, 2.75) is 0 Å². The molecule has 0 aliphatic rings. The maximum absolute atomic E-state index is 5.21. The summed E-state index contributed by atoms with van der Waals surface area (Å²) in [5, 5.41) is 0. The van der Waals surface area contributed by atoms with Gasteiger partial charge in [0, 0.05) is 5.56 Å². The van der Waals surface area contributed by atoms with Crippen LogP contribution in [0.4, 0.5) is 0 Å². The maximum Gasteiger partial charge on any atom is 0.169 e. The molecule has 1 aromatic heterocycles. The fourth-order valence-corrected chi connectivity index (χ4v) is 1.40. The van der Waals surface area contributed by atoms with Crippen LogP contribution in [0.2, 0.25) is 0 Å². The molecule has 3 nitrogen and oxygen atoms in total. The monoisotopic (exact) mass is 203 g/mol. The lowest BCUT2D eigenvalue weighted by molar-refractivity contribution is 0.355. The third-order valence-corrected chi connectivity index (χ3v) is 2.19. The highest BCUT2D eigenvalue weighted by Crippen LogP contribution is 2.32. The van der Waals surface area contributed by atoms with Gasteiger partial charge in [0.2, 0.25) is 0 Å². The summed E-state index contributed by atoms with van der Waals surface area (Å²) < 4.78 is 15.3. The summed E-state index contributed by atoms with van der Waals surface area (Å²) in [5.41, 5.74) is 1.98. The van der Waals surface area contributed by atoms with Crippen LogP contribution in [0.15, 0.2) is 34.9 Å². The van der Waals surface area contributed by atoms with Gasteiger partial charge in [0.25, 0.3) is 0 Å². The van der Waals surface area contributed by atoms with Crippen molar-refractivity contribution < 1.29 is 13.9 Å². The Morgan fingerprint density at radius 3 is 2.47 bits per heavy atom. The maximum atomic E-state index is 5.21. The molecule has 0 aliphatic carbocycles. The Bertz CT molecular complexity index is 432. The molecule has 2 aromatic rings. The second-order valence-electron chi connectivity index (χ2n) is 3.02. The van der Waals surface area contributed by atoms with Crippen LogP contribution in [-0.2, 0) is 0 Å². The molecular weight excluding hydrogens is 192 g/mol. The van der Waals surface area contributed by atoms with E-state index in [1.807, 2.05) is 18.2 Å². The van der Waals surface area contributed by atoms with Crippen molar-refractivity contribution in [2.75, 3.05) is 14.2 Å². The molecule has 77 valence electrons. The van der Waals surface area contributed by atoms with Gasteiger partial charge in [-0.25, -0.2) is 0 Å². The van der Waals surface area contributed by atoms with Crippen LogP contribution in [0.25, 0.3) is 11.1 Å². The summed E-state index contributed by atoms with van der Waals surface area (Å²) in [7, 11) is 3.23. The molecule has 1 heterocycles. The third-order valence-electron chi connectivity index (χ3n) is 2.19. The van der Waals surface area contributed by atoms with Crippen molar-refractivity contribution in [3.63, 3.8) is 0 Å². The minimum absolute atomic E-state index is 0.705. The molecule has 0 saturated heterocycles. The molecule has 3 heteroatoms. The Kier molecular flexibility index (Phi) is 2.63. The lowest BCUT2D eigenvalue weighted by Crippen LogP contribution is -1.90. The Labute approximate surface area is 88.2 Å². The molecule has 0 spiro atoms. The highest BCUT2D eigenvalue weighted by Gasteiger charge is 2.06. The van der Waals surface area contributed by atoms with Crippen LogP contribution in [0.5, 0.6) is 11.5 Å². The predicted molar refractivity (Wildman–Crippen MR) is 56.1 cm³/mol. The molecule has 15 heavy (non-hydrogen) atoms. The largest absolute Gasteiger partial charge is 0.493 e. The molecule has 0 N–H and O–H groups in total. The van der Waals surface area contributed by atoms with Crippen LogP contribution in [0.1, 0.15) is 0 Å². The van der Waals surface area contributed by atoms with E-state index in [4.69, 9.17) is 13.9 Å². The number of benzene rings is 1. The number of methoxy groups -OCH3 is 2. The number of hydrogen-bond acceptors (Lipinski definition) is 3. The van der Waals surface area contributed by atoms with Gasteiger partial charge >= 0.3 is 0 Å². The molecule has 0 unspecified atom stereocenters. The predicted octanol–water partition coefficient (Wildman–Crippen LogP) is 2.76. The number of furan rings is 1.